The van der Waals surface area contributed by atoms with Crippen LogP contribution in [0.15, 0.2) is 30.3 Å². The van der Waals surface area contributed by atoms with Crippen LogP contribution >= 0.6 is 23.5 Å². The molecule has 1 aliphatic heterocycles. The van der Waals surface area contributed by atoms with E-state index in [0.29, 0.717) is 63.8 Å². The summed E-state index contributed by atoms with van der Waals surface area (Å²) in [6, 6.07) is 9.60. The maximum Gasteiger partial charge on any atom is 0.222 e. The van der Waals surface area contributed by atoms with Crippen LogP contribution in [0.3, 0.4) is 0 Å². The first-order valence-corrected chi connectivity index (χ1v) is 15.4. The molecule has 8 atom stereocenters. The standard InChI is InChI=1S/C29H40O3S2/c1-28(2)18-10-22(28)20-14-31-27(26(30)17-8-6-5-7-9-17)32-15-21-23-11-19(29(23,3)4)13-25(21)34-16-33-24(20)12-18/h5-9,18-25,27H,10-16H2,1-4H3/t18-,19-,20+,21+,22+,23+,24+,25+/m1/s1. The smallest absolute Gasteiger partial charge is 0.222 e. The molecule has 0 unspecified atom stereocenters. The molecule has 7 fully saturated rings. The van der Waals surface area contributed by atoms with E-state index in [1.54, 1.807) is 0 Å². The number of thioether (sulfide) groups is 2. The number of hydrogen-bond acceptors (Lipinski definition) is 5. The summed E-state index contributed by atoms with van der Waals surface area (Å²) in [6.45, 7) is 11.1. The van der Waals surface area contributed by atoms with Gasteiger partial charge in [-0.1, -0.05) is 58.0 Å². The zero-order chi connectivity index (χ0) is 23.7. The summed E-state index contributed by atoms with van der Waals surface area (Å²) in [7, 11) is 0. The fourth-order valence-corrected chi connectivity index (χ4v) is 11.7. The molecule has 6 saturated carbocycles. The topological polar surface area (TPSA) is 35.5 Å². The molecule has 1 aromatic carbocycles. The Morgan fingerprint density at radius 3 is 1.76 bits per heavy atom. The third-order valence-electron chi connectivity index (χ3n) is 10.8. The molecule has 5 heteroatoms. The SMILES string of the molecule is CC1(C)[C@H]2C[C@@H]3SCS[C@H]4C[C@H]5C[C@@H]([C@@H]4COC(C(=O)c4ccccc4)OC[C@H]3[C@@H]1C2)C5(C)C. The van der Waals surface area contributed by atoms with Crippen molar-refractivity contribution < 1.29 is 14.3 Å². The van der Waals surface area contributed by atoms with E-state index < -0.39 is 6.29 Å². The fourth-order valence-electron chi connectivity index (χ4n) is 8.17. The Labute approximate surface area is 213 Å². The van der Waals surface area contributed by atoms with Gasteiger partial charge in [-0.05, 0) is 72.0 Å². The van der Waals surface area contributed by atoms with Crippen molar-refractivity contribution in [3.05, 3.63) is 35.9 Å². The van der Waals surface area contributed by atoms with Gasteiger partial charge in [0.05, 0.1) is 13.2 Å². The Morgan fingerprint density at radius 1 is 0.794 bits per heavy atom. The molecule has 1 aromatic rings. The van der Waals surface area contributed by atoms with Gasteiger partial charge >= 0.3 is 0 Å². The van der Waals surface area contributed by atoms with Gasteiger partial charge in [0.15, 0.2) is 0 Å². The number of benzene rings is 1. The third-order valence-corrected chi connectivity index (χ3v) is 13.9. The predicted molar refractivity (Wildman–Crippen MR) is 141 cm³/mol. The lowest BCUT2D eigenvalue weighted by Gasteiger charge is -2.63. The van der Waals surface area contributed by atoms with Crippen molar-refractivity contribution in [3.63, 3.8) is 0 Å². The number of carbonyl (C=O) groups is 1. The normalized spacial score (nSPS) is 44.6. The van der Waals surface area contributed by atoms with Crippen LogP contribution < -0.4 is 0 Å². The molecule has 3 nitrogen and oxygen atoms in total. The number of ether oxygens (including phenoxy) is 2. The number of carbonyl (C=O) groups excluding carboxylic acids is 1. The second kappa shape index (κ2) is 8.82. The highest BCUT2D eigenvalue weighted by Crippen LogP contribution is 2.65. The van der Waals surface area contributed by atoms with Crippen LogP contribution in [0.5, 0.6) is 0 Å². The van der Waals surface area contributed by atoms with Crippen LogP contribution in [0, 0.1) is 46.3 Å². The number of rotatable bonds is 2. The van der Waals surface area contributed by atoms with Crippen LogP contribution in [0.1, 0.15) is 63.7 Å². The van der Waals surface area contributed by atoms with E-state index in [4.69, 9.17) is 9.47 Å². The lowest BCUT2D eigenvalue weighted by molar-refractivity contribution is -0.182. The molecule has 186 valence electrons. The summed E-state index contributed by atoms with van der Waals surface area (Å²) < 4.78 is 13.0. The second-order valence-electron chi connectivity index (χ2n) is 12.8. The average Bonchev–Trinajstić information content (AvgIpc) is 2.83. The fraction of sp³-hybridized carbons (Fsp3) is 0.759. The van der Waals surface area contributed by atoms with Crippen molar-refractivity contribution in [2.45, 2.75) is 70.2 Å². The summed E-state index contributed by atoms with van der Waals surface area (Å²) >= 11 is 4.38. The van der Waals surface area contributed by atoms with Crippen molar-refractivity contribution in [1.82, 2.24) is 0 Å². The summed E-state index contributed by atoms with van der Waals surface area (Å²) in [4.78, 5) is 13.5. The van der Waals surface area contributed by atoms with Crippen molar-refractivity contribution in [1.29, 1.82) is 0 Å². The molecule has 0 radical (unpaired) electrons. The predicted octanol–water partition coefficient (Wildman–Crippen LogP) is 6.77. The monoisotopic (exact) mass is 500 g/mol. The molecule has 8 rings (SSSR count). The molecular formula is C29H40O3S2. The summed E-state index contributed by atoms with van der Waals surface area (Å²) in [5.41, 5.74) is 1.49. The molecular weight excluding hydrogens is 460 g/mol. The van der Waals surface area contributed by atoms with Gasteiger partial charge in [-0.15, -0.1) is 23.5 Å². The largest absolute Gasteiger partial charge is 0.345 e. The molecule has 0 aromatic heterocycles. The van der Waals surface area contributed by atoms with Gasteiger partial charge in [0.2, 0.25) is 12.1 Å². The maximum atomic E-state index is 13.5. The average molecular weight is 501 g/mol. The van der Waals surface area contributed by atoms with Gasteiger partial charge in [0.25, 0.3) is 0 Å². The Kier molecular flexibility index (Phi) is 6.19. The van der Waals surface area contributed by atoms with Crippen molar-refractivity contribution in [2.24, 2.45) is 46.3 Å². The first-order chi connectivity index (χ1) is 16.3. The van der Waals surface area contributed by atoms with Gasteiger partial charge in [0.1, 0.15) is 0 Å². The van der Waals surface area contributed by atoms with E-state index in [9.17, 15) is 4.79 Å². The van der Waals surface area contributed by atoms with E-state index in [1.165, 1.54) is 30.8 Å². The van der Waals surface area contributed by atoms with E-state index >= 15 is 0 Å². The Bertz CT molecular complexity index is 867. The van der Waals surface area contributed by atoms with Gasteiger partial charge in [0, 0.05) is 21.1 Å². The molecule has 6 aliphatic carbocycles. The van der Waals surface area contributed by atoms with Crippen molar-refractivity contribution >= 4 is 29.3 Å². The minimum absolute atomic E-state index is 0.0193. The second-order valence-corrected chi connectivity index (χ2v) is 15.6. The van der Waals surface area contributed by atoms with E-state index in [1.807, 2.05) is 30.3 Å². The number of hydrogen-bond donors (Lipinski definition) is 0. The van der Waals surface area contributed by atoms with E-state index in [2.05, 4.69) is 51.2 Å². The number of Topliss-reactive ketones (excluding diaryl/α,β-unsaturated/α-hetero) is 1. The zero-order valence-electron chi connectivity index (χ0n) is 21.1. The lowest BCUT2D eigenvalue weighted by atomic mass is 9.45. The minimum atomic E-state index is -0.792. The summed E-state index contributed by atoms with van der Waals surface area (Å²) in [5, 5.41) is 2.47. The molecule has 1 saturated heterocycles. The van der Waals surface area contributed by atoms with Gasteiger partial charge in [-0.3, -0.25) is 4.79 Å². The molecule has 0 N–H and O–H groups in total. The first kappa shape index (κ1) is 23.9. The highest BCUT2D eigenvalue weighted by molar-refractivity contribution is 8.16. The highest BCUT2D eigenvalue weighted by atomic mass is 32.2. The van der Waals surface area contributed by atoms with Crippen LogP contribution in [0.2, 0.25) is 0 Å². The summed E-state index contributed by atoms with van der Waals surface area (Å²) in [5.74, 6) is 4.08. The molecule has 7 aliphatic rings. The quantitative estimate of drug-likeness (QED) is 0.419. The van der Waals surface area contributed by atoms with Crippen LogP contribution in [-0.2, 0) is 9.47 Å². The van der Waals surface area contributed by atoms with Gasteiger partial charge in [-0.2, -0.15) is 0 Å². The van der Waals surface area contributed by atoms with Crippen LogP contribution in [0.25, 0.3) is 0 Å². The minimum Gasteiger partial charge on any atom is -0.345 e. The van der Waals surface area contributed by atoms with Crippen LogP contribution in [-0.4, -0.2) is 40.9 Å². The molecule has 0 amide bonds. The molecule has 34 heavy (non-hydrogen) atoms. The highest BCUT2D eigenvalue weighted by Gasteiger charge is 2.59. The van der Waals surface area contributed by atoms with E-state index in [-0.39, 0.29) is 5.78 Å². The van der Waals surface area contributed by atoms with Crippen LogP contribution in [0.4, 0.5) is 0 Å². The summed E-state index contributed by atoms with van der Waals surface area (Å²) in [6.07, 6.45) is 4.46. The van der Waals surface area contributed by atoms with Gasteiger partial charge in [-0.25, -0.2) is 0 Å². The van der Waals surface area contributed by atoms with E-state index in [0.717, 1.165) is 11.8 Å². The third kappa shape index (κ3) is 3.83. The molecule has 0 spiro atoms. The van der Waals surface area contributed by atoms with Gasteiger partial charge < -0.3 is 9.47 Å². The number of ketones is 1. The molecule has 4 bridgehead atoms. The lowest BCUT2D eigenvalue weighted by Crippen LogP contribution is -2.59. The molecule has 1 heterocycles. The van der Waals surface area contributed by atoms with Crippen molar-refractivity contribution in [3.8, 4) is 0 Å². The Morgan fingerprint density at radius 2 is 1.29 bits per heavy atom. The Balaban J connectivity index is 1.26. The Hall–Kier alpha value is -0.490. The first-order valence-electron chi connectivity index (χ1n) is 13.3. The maximum absolute atomic E-state index is 13.5. The van der Waals surface area contributed by atoms with Crippen molar-refractivity contribution in [2.75, 3.05) is 18.3 Å². The zero-order valence-corrected chi connectivity index (χ0v) is 22.7.